The van der Waals surface area contributed by atoms with E-state index in [1.54, 1.807) is 42.5 Å². The zero-order valence-electron chi connectivity index (χ0n) is 14.9. The third-order valence-electron chi connectivity index (χ3n) is 4.12. The molecule has 0 aromatic heterocycles. The summed E-state index contributed by atoms with van der Waals surface area (Å²) in [6, 6.07) is 16.9. The van der Waals surface area contributed by atoms with Gasteiger partial charge in [0.2, 0.25) is 0 Å². The monoisotopic (exact) mass is 413 g/mol. The average Bonchev–Trinajstić information content (AvgIpc) is 2.68. The zero-order valence-corrected chi connectivity index (χ0v) is 16.4. The quantitative estimate of drug-likeness (QED) is 0.501. The van der Waals surface area contributed by atoms with Crippen molar-refractivity contribution in [3.63, 3.8) is 0 Å². The van der Waals surface area contributed by atoms with Crippen LogP contribution < -0.4 is 16.4 Å². The number of anilines is 3. The highest BCUT2D eigenvalue weighted by molar-refractivity contribution is 6.39. The van der Waals surface area contributed by atoms with E-state index in [-0.39, 0.29) is 27.5 Å². The summed E-state index contributed by atoms with van der Waals surface area (Å²) in [4.78, 5) is 25.0. The van der Waals surface area contributed by atoms with Crippen LogP contribution in [0.1, 0.15) is 26.3 Å². The largest absolute Gasteiger partial charge is 0.396 e. The molecule has 4 N–H and O–H groups in total. The van der Waals surface area contributed by atoms with Crippen LogP contribution >= 0.6 is 23.2 Å². The maximum atomic E-state index is 12.6. The molecule has 3 rings (SSSR count). The number of amides is 2. The Labute approximate surface area is 172 Å². The third kappa shape index (κ3) is 4.44. The maximum Gasteiger partial charge on any atom is 0.255 e. The Morgan fingerprint density at radius 1 is 0.821 bits per heavy atom. The van der Waals surface area contributed by atoms with Crippen LogP contribution in [-0.2, 0) is 0 Å². The molecule has 0 saturated carbocycles. The number of hydrogen-bond acceptors (Lipinski definition) is 3. The minimum absolute atomic E-state index is 0.252. The van der Waals surface area contributed by atoms with Crippen LogP contribution in [0.2, 0.25) is 10.0 Å². The van der Waals surface area contributed by atoms with Crippen molar-refractivity contribution in [1.29, 1.82) is 0 Å². The summed E-state index contributed by atoms with van der Waals surface area (Å²) in [6.07, 6.45) is 0. The second-order valence-corrected chi connectivity index (χ2v) is 6.97. The normalized spacial score (nSPS) is 10.4. The summed E-state index contributed by atoms with van der Waals surface area (Å²) < 4.78 is 0. The van der Waals surface area contributed by atoms with E-state index in [0.29, 0.717) is 22.5 Å². The first-order chi connectivity index (χ1) is 13.3. The second-order valence-electron chi connectivity index (χ2n) is 6.16. The lowest BCUT2D eigenvalue weighted by atomic mass is 10.1. The van der Waals surface area contributed by atoms with Gasteiger partial charge in [-0.15, -0.1) is 0 Å². The number of nitrogen functional groups attached to an aromatic ring is 1. The van der Waals surface area contributed by atoms with Crippen LogP contribution in [0.4, 0.5) is 17.1 Å². The first-order valence-corrected chi connectivity index (χ1v) is 9.13. The van der Waals surface area contributed by atoms with E-state index in [1.807, 2.05) is 13.0 Å². The van der Waals surface area contributed by atoms with Crippen LogP contribution in [0.3, 0.4) is 0 Å². The highest BCUT2D eigenvalue weighted by atomic mass is 35.5. The molecule has 0 fully saturated rings. The number of benzene rings is 3. The molecule has 0 atom stereocenters. The third-order valence-corrected chi connectivity index (χ3v) is 4.75. The van der Waals surface area contributed by atoms with Crippen LogP contribution in [0.5, 0.6) is 0 Å². The van der Waals surface area contributed by atoms with Crippen LogP contribution in [0, 0.1) is 6.92 Å². The molecule has 0 aliphatic heterocycles. The SMILES string of the molecule is Cc1ccc(C(=O)Nc2cc(Cl)c(N)c(Cl)c2)cc1NC(=O)c1ccccc1. The fourth-order valence-corrected chi connectivity index (χ4v) is 3.03. The molecule has 2 amide bonds. The highest BCUT2D eigenvalue weighted by Crippen LogP contribution is 2.31. The lowest BCUT2D eigenvalue weighted by Crippen LogP contribution is -2.15. The molecule has 28 heavy (non-hydrogen) atoms. The molecule has 0 spiro atoms. The minimum Gasteiger partial charge on any atom is -0.396 e. The summed E-state index contributed by atoms with van der Waals surface area (Å²) >= 11 is 12.0. The van der Waals surface area contributed by atoms with Gasteiger partial charge in [0.1, 0.15) is 0 Å². The number of hydrogen-bond donors (Lipinski definition) is 3. The first-order valence-electron chi connectivity index (χ1n) is 8.38. The predicted octanol–water partition coefficient (Wildman–Crippen LogP) is 5.39. The molecular weight excluding hydrogens is 397 g/mol. The number of nitrogens with two attached hydrogens (primary N) is 1. The molecule has 0 saturated heterocycles. The molecule has 0 radical (unpaired) electrons. The zero-order chi connectivity index (χ0) is 20.3. The predicted molar refractivity (Wildman–Crippen MR) is 114 cm³/mol. The Bertz CT molecular complexity index is 1030. The molecule has 3 aromatic carbocycles. The summed E-state index contributed by atoms with van der Waals surface area (Å²) in [7, 11) is 0. The van der Waals surface area contributed by atoms with Gasteiger partial charge in [-0.25, -0.2) is 0 Å². The van der Waals surface area contributed by atoms with Crippen molar-refractivity contribution >= 4 is 52.1 Å². The van der Waals surface area contributed by atoms with Crippen molar-refractivity contribution in [3.05, 3.63) is 87.4 Å². The number of nitrogens with one attached hydrogen (secondary N) is 2. The summed E-state index contributed by atoms with van der Waals surface area (Å²) in [6.45, 7) is 1.85. The Morgan fingerprint density at radius 3 is 2.07 bits per heavy atom. The molecule has 0 aliphatic rings. The molecule has 0 bridgehead atoms. The molecule has 7 heteroatoms. The standard InChI is InChI=1S/C21H17Cl2N3O2/c1-12-7-8-14(9-18(12)26-20(27)13-5-3-2-4-6-13)21(28)25-15-10-16(22)19(24)17(23)11-15/h2-11H,24H2,1H3,(H,25,28)(H,26,27). The first kappa shape index (κ1) is 19.7. The van der Waals surface area contributed by atoms with Gasteiger partial charge < -0.3 is 16.4 Å². The van der Waals surface area contributed by atoms with Gasteiger partial charge in [-0.3, -0.25) is 9.59 Å². The molecule has 0 heterocycles. The maximum absolute atomic E-state index is 12.6. The van der Waals surface area contributed by atoms with Gasteiger partial charge in [0, 0.05) is 22.5 Å². The molecule has 0 unspecified atom stereocenters. The van der Waals surface area contributed by atoms with Gasteiger partial charge in [0.25, 0.3) is 11.8 Å². The lowest BCUT2D eigenvalue weighted by Gasteiger charge is -2.12. The van der Waals surface area contributed by atoms with Crippen molar-refractivity contribution in [2.24, 2.45) is 0 Å². The van der Waals surface area contributed by atoms with E-state index >= 15 is 0 Å². The topological polar surface area (TPSA) is 84.2 Å². The van der Waals surface area contributed by atoms with Crippen molar-refractivity contribution in [1.82, 2.24) is 0 Å². The summed E-state index contributed by atoms with van der Waals surface area (Å²) in [5.41, 5.74) is 8.67. The van der Waals surface area contributed by atoms with Crippen LogP contribution in [0.15, 0.2) is 60.7 Å². The Kier molecular flexibility index (Phi) is 5.87. The van der Waals surface area contributed by atoms with E-state index in [0.717, 1.165) is 5.56 Å². The number of halogens is 2. The molecular formula is C21H17Cl2N3O2. The van der Waals surface area contributed by atoms with Gasteiger partial charge in [-0.05, 0) is 48.9 Å². The Morgan fingerprint density at radius 2 is 1.43 bits per heavy atom. The number of carbonyl (C=O) groups is 2. The van der Waals surface area contributed by atoms with Crippen molar-refractivity contribution < 1.29 is 9.59 Å². The van der Waals surface area contributed by atoms with E-state index in [1.165, 1.54) is 12.1 Å². The lowest BCUT2D eigenvalue weighted by molar-refractivity contribution is 0.101. The fourth-order valence-electron chi connectivity index (χ4n) is 2.54. The molecule has 0 aliphatic carbocycles. The van der Waals surface area contributed by atoms with Crippen LogP contribution in [0.25, 0.3) is 0 Å². The van der Waals surface area contributed by atoms with Gasteiger partial charge in [0.15, 0.2) is 0 Å². The van der Waals surface area contributed by atoms with Crippen molar-refractivity contribution in [3.8, 4) is 0 Å². The van der Waals surface area contributed by atoms with Crippen molar-refractivity contribution in [2.75, 3.05) is 16.4 Å². The Hall–Kier alpha value is -3.02. The van der Waals surface area contributed by atoms with Crippen molar-refractivity contribution in [2.45, 2.75) is 6.92 Å². The van der Waals surface area contributed by atoms with E-state index < -0.39 is 0 Å². The minimum atomic E-state index is -0.368. The smallest absolute Gasteiger partial charge is 0.255 e. The van der Waals surface area contributed by atoms with Gasteiger partial charge in [-0.2, -0.15) is 0 Å². The van der Waals surface area contributed by atoms with E-state index in [2.05, 4.69) is 10.6 Å². The van der Waals surface area contributed by atoms with E-state index in [4.69, 9.17) is 28.9 Å². The fraction of sp³-hybridized carbons (Fsp3) is 0.0476. The Balaban J connectivity index is 1.80. The van der Waals surface area contributed by atoms with Gasteiger partial charge in [0.05, 0.1) is 15.7 Å². The summed E-state index contributed by atoms with van der Waals surface area (Å²) in [5, 5.41) is 6.06. The summed E-state index contributed by atoms with van der Waals surface area (Å²) in [5.74, 6) is -0.620. The molecule has 3 aromatic rings. The molecule has 5 nitrogen and oxygen atoms in total. The highest BCUT2D eigenvalue weighted by Gasteiger charge is 2.13. The number of carbonyl (C=O) groups excluding carboxylic acids is 2. The van der Waals surface area contributed by atoms with Gasteiger partial charge in [-0.1, -0.05) is 47.5 Å². The number of rotatable bonds is 4. The molecule has 142 valence electrons. The van der Waals surface area contributed by atoms with E-state index in [9.17, 15) is 9.59 Å². The van der Waals surface area contributed by atoms with Crippen LogP contribution in [-0.4, -0.2) is 11.8 Å². The van der Waals surface area contributed by atoms with Gasteiger partial charge >= 0.3 is 0 Å². The average molecular weight is 414 g/mol. The number of aryl methyl sites for hydroxylation is 1. The second kappa shape index (κ2) is 8.33.